The lowest BCUT2D eigenvalue weighted by Crippen LogP contribution is -2.33. The van der Waals surface area contributed by atoms with Crippen LogP contribution in [0.2, 0.25) is 0 Å². The molecule has 3 heterocycles. The van der Waals surface area contributed by atoms with Crippen molar-refractivity contribution >= 4 is 11.6 Å². The molecule has 0 fully saturated rings. The summed E-state index contributed by atoms with van der Waals surface area (Å²) in [6, 6.07) is 12.6. The number of nitrogens with one attached hydrogen (secondary N) is 1. The van der Waals surface area contributed by atoms with Crippen molar-refractivity contribution in [3.63, 3.8) is 0 Å². The molecule has 0 bridgehead atoms. The SMILES string of the molecule is O=C(Nc1cnn(C[C@H]2COc3ccccc3O2)c1)c1ccc2c(c1)OCO2. The molecule has 28 heavy (non-hydrogen) atoms. The van der Waals surface area contributed by atoms with Crippen LogP contribution < -0.4 is 24.3 Å². The molecule has 1 aromatic heterocycles. The fraction of sp³-hybridized carbons (Fsp3) is 0.200. The molecule has 0 unspecified atom stereocenters. The minimum Gasteiger partial charge on any atom is -0.486 e. The Morgan fingerprint density at radius 1 is 1.07 bits per heavy atom. The Labute approximate surface area is 160 Å². The number of fused-ring (bicyclic) bond motifs is 2. The fourth-order valence-electron chi connectivity index (χ4n) is 3.13. The van der Waals surface area contributed by atoms with Gasteiger partial charge in [0.2, 0.25) is 6.79 Å². The number of hydrogen-bond donors (Lipinski definition) is 1. The van der Waals surface area contributed by atoms with Crippen LogP contribution in [-0.2, 0) is 6.54 Å². The third-order valence-corrected chi connectivity index (χ3v) is 4.48. The van der Waals surface area contributed by atoms with Crippen LogP contribution in [0.3, 0.4) is 0 Å². The minimum atomic E-state index is -0.246. The zero-order valence-electron chi connectivity index (χ0n) is 14.8. The molecule has 0 aliphatic carbocycles. The summed E-state index contributed by atoms with van der Waals surface area (Å²) in [4.78, 5) is 12.5. The lowest BCUT2D eigenvalue weighted by molar-refractivity contribution is 0.0759. The molecular formula is C20H17N3O5. The number of amides is 1. The molecule has 8 heteroatoms. The monoisotopic (exact) mass is 379 g/mol. The zero-order valence-corrected chi connectivity index (χ0v) is 14.8. The van der Waals surface area contributed by atoms with Crippen molar-refractivity contribution in [2.24, 2.45) is 0 Å². The molecule has 2 aliphatic rings. The Morgan fingerprint density at radius 3 is 2.82 bits per heavy atom. The van der Waals surface area contributed by atoms with E-state index in [1.165, 1.54) is 0 Å². The first-order valence-corrected chi connectivity index (χ1v) is 8.86. The van der Waals surface area contributed by atoms with Crippen molar-refractivity contribution in [2.45, 2.75) is 12.6 Å². The quantitative estimate of drug-likeness (QED) is 0.750. The van der Waals surface area contributed by atoms with Crippen LogP contribution in [0.4, 0.5) is 5.69 Å². The van der Waals surface area contributed by atoms with Crippen LogP contribution in [0.15, 0.2) is 54.9 Å². The van der Waals surface area contributed by atoms with Crippen molar-refractivity contribution in [2.75, 3.05) is 18.7 Å². The molecule has 0 saturated carbocycles. The first-order valence-electron chi connectivity index (χ1n) is 8.86. The number of carbonyl (C=O) groups is 1. The van der Waals surface area contributed by atoms with E-state index in [-0.39, 0.29) is 18.8 Å². The third kappa shape index (κ3) is 3.20. The Balaban J connectivity index is 1.22. The maximum absolute atomic E-state index is 12.5. The van der Waals surface area contributed by atoms with E-state index in [2.05, 4.69) is 10.4 Å². The summed E-state index contributed by atoms with van der Waals surface area (Å²) in [5, 5.41) is 7.12. The van der Waals surface area contributed by atoms with Crippen molar-refractivity contribution in [1.29, 1.82) is 0 Å². The van der Waals surface area contributed by atoms with Crippen molar-refractivity contribution < 1.29 is 23.7 Å². The summed E-state index contributed by atoms with van der Waals surface area (Å²) < 4.78 is 23.9. The minimum absolute atomic E-state index is 0.160. The van der Waals surface area contributed by atoms with Gasteiger partial charge in [-0.25, -0.2) is 0 Å². The highest BCUT2D eigenvalue weighted by Crippen LogP contribution is 2.33. The number of rotatable bonds is 4. The summed E-state index contributed by atoms with van der Waals surface area (Å²) in [5.74, 6) is 2.43. The van der Waals surface area contributed by atoms with E-state index in [1.54, 1.807) is 35.3 Å². The van der Waals surface area contributed by atoms with Gasteiger partial charge < -0.3 is 24.3 Å². The Bertz CT molecular complexity index is 1030. The van der Waals surface area contributed by atoms with Gasteiger partial charge in [-0.1, -0.05) is 12.1 Å². The molecule has 0 saturated heterocycles. The number of carbonyl (C=O) groups excluding carboxylic acids is 1. The van der Waals surface area contributed by atoms with Gasteiger partial charge in [0.25, 0.3) is 5.91 Å². The third-order valence-electron chi connectivity index (χ3n) is 4.48. The molecule has 0 radical (unpaired) electrons. The summed E-state index contributed by atoms with van der Waals surface area (Å²) in [7, 11) is 0. The molecule has 0 spiro atoms. The maximum Gasteiger partial charge on any atom is 0.255 e. The smallest absolute Gasteiger partial charge is 0.255 e. The van der Waals surface area contributed by atoms with E-state index in [0.717, 1.165) is 11.5 Å². The van der Waals surface area contributed by atoms with Crippen molar-refractivity contribution in [3.05, 3.63) is 60.4 Å². The Kier molecular flexibility index (Phi) is 4.01. The first-order chi connectivity index (χ1) is 13.7. The van der Waals surface area contributed by atoms with Gasteiger partial charge in [-0.3, -0.25) is 9.48 Å². The van der Waals surface area contributed by atoms with Gasteiger partial charge in [0.15, 0.2) is 29.1 Å². The predicted molar refractivity (Wildman–Crippen MR) is 99.1 cm³/mol. The number of para-hydroxylation sites is 2. The molecule has 3 aromatic rings. The van der Waals surface area contributed by atoms with E-state index in [0.29, 0.717) is 35.9 Å². The van der Waals surface area contributed by atoms with Gasteiger partial charge in [-0.05, 0) is 30.3 Å². The molecule has 142 valence electrons. The van der Waals surface area contributed by atoms with Crippen LogP contribution in [-0.4, -0.2) is 35.2 Å². The van der Waals surface area contributed by atoms with Crippen molar-refractivity contribution in [1.82, 2.24) is 9.78 Å². The van der Waals surface area contributed by atoms with Crippen LogP contribution in [0, 0.1) is 0 Å². The predicted octanol–water partition coefficient (Wildman–Crippen LogP) is 2.70. The van der Waals surface area contributed by atoms with Gasteiger partial charge in [-0.15, -0.1) is 0 Å². The van der Waals surface area contributed by atoms with Crippen molar-refractivity contribution in [3.8, 4) is 23.0 Å². The van der Waals surface area contributed by atoms with Gasteiger partial charge in [0.05, 0.1) is 18.4 Å². The number of nitrogens with zero attached hydrogens (tertiary/aromatic N) is 2. The second kappa shape index (κ2) is 6.80. The summed E-state index contributed by atoms with van der Waals surface area (Å²) in [5.41, 5.74) is 1.08. The van der Waals surface area contributed by atoms with Gasteiger partial charge in [-0.2, -0.15) is 5.10 Å². The lowest BCUT2D eigenvalue weighted by Gasteiger charge is -2.26. The number of ether oxygens (including phenoxy) is 4. The average Bonchev–Trinajstić information content (AvgIpc) is 3.36. The highest BCUT2D eigenvalue weighted by atomic mass is 16.7. The zero-order chi connectivity index (χ0) is 18.9. The van der Waals surface area contributed by atoms with E-state index in [1.807, 2.05) is 24.3 Å². The fourth-order valence-corrected chi connectivity index (χ4v) is 3.13. The topological polar surface area (TPSA) is 83.8 Å². The summed E-state index contributed by atoms with van der Waals surface area (Å²) >= 11 is 0. The highest BCUT2D eigenvalue weighted by Gasteiger charge is 2.21. The standard InChI is InChI=1S/C20H17N3O5/c24-20(13-5-6-17-19(7-13)27-12-26-17)22-14-8-21-23(9-14)10-15-11-25-16-3-1-2-4-18(16)28-15/h1-9,15H,10-12H2,(H,22,24)/t15-/m0/s1. The molecule has 8 nitrogen and oxygen atoms in total. The van der Waals surface area contributed by atoms with Crippen LogP contribution >= 0.6 is 0 Å². The van der Waals surface area contributed by atoms with Gasteiger partial charge in [0, 0.05) is 11.8 Å². The average molecular weight is 379 g/mol. The van der Waals surface area contributed by atoms with E-state index in [9.17, 15) is 4.79 Å². The highest BCUT2D eigenvalue weighted by molar-refractivity contribution is 6.04. The molecule has 1 atom stereocenters. The second-order valence-corrected chi connectivity index (χ2v) is 6.47. The van der Waals surface area contributed by atoms with Gasteiger partial charge >= 0.3 is 0 Å². The largest absolute Gasteiger partial charge is 0.486 e. The van der Waals surface area contributed by atoms with Gasteiger partial charge in [0.1, 0.15) is 6.61 Å². The number of anilines is 1. The van der Waals surface area contributed by atoms with E-state index < -0.39 is 0 Å². The van der Waals surface area contributed by atoms with E-state index >= 15 is 0 Å². The van der Waals surface area contributed by atoms with E-state index in [4.69, 9.17) is 18.9 Å². The molecule has 1 amide bonds. The number of aromatic nitrogens is 2. The molecular weight excluding hydrogens is 362 g/mol. The molecule has 5 rings (SSSR count). The number of hydrogen-bond acceptors (Lipinski definition) is 6. The number of benzene rings is 2. The lowest BCUT2D eigenvalue weighted by atomic mass is 10.2. The Morgan fingerprint density at radius 2 is 1.89 bits per heavy atom. The van der Waals surface area contributed by atoms with Crippen LogP contribution in [0.5, 0.6) is 23.0 Å². The summed E-state index contributed by atoms with van der Waals surface area (Å²) in [6.07, 6.45) is 3.20. The summed E-state index contributed by atoms with van der Waals surface area (Å²) in [6.45, 7) is 1.12. The Hall–Kier alpha value is -3.68. The van der Waals surface area contributed by atoms with Crippen LogP contribution in [0.1, 0.15) is 10.4 Å². The maximum atomic E-state index is 12.5. The molecule has 2 aliphatic heterocycles. The normalized spacial score (nSPS) is 16.6. The first kappa shape index (κ1) is 16.5. The van der Waals surface area contributed by atoms with Crippen LogP contribution in [0.25, 0.3) is 0 Å². The second-order valence-electron chi connectivity index (χ2n) is 6.47. The molecule has 2 aromatic carbocycles. The molecule has 1 N–H and O–H groups in total.